The fourth-order valence-electron chi connectivity index (χ4n) is 5.96. The zero-order chi connectivity index (χ0) is 47.2. The van der Waals surface area contributed by atoms with Gasteiger partial charge in [0.15, 0.2) is 0 Å². The van der Waals surface area contributed by atoms with Crippen molar-refractivity contribution < 1.29 is 86.7 Å². The van der Waals surface area contributed by atoms with E-state index in [1.807, 2.05) is 0 Å². The molecule has 3 rings (SSSR count). The SMILES string of the molecule is CC(C)(C)c1ccccc1S(OS(=O)(=O)C(F)(F)C(F)(F)C(F)(F)C(F)(F)C(F)(F)C(F)(F)C(F)(F)C(F)(F)F)(c1ccccc1C(C)(C)C)c1ccccc1C(C)(C)C. The summed E-state index contributed by atoms with van der Waals surface area (Å²) in [6.07, 6.45) is -7.95. The van der Waals surface area contributed by atoms with Crippen molar-refractivity contribution in [3.8, 4) is 0 Å². The summed E-state index contributed by atoms with van der Waals surface area (Å²) in [4.78, 5) is -1.19. The van der Waals surface area contributed by atoms with Crippen LogP contribution in [-0.4, -0.2) is 55.4 Å². The molecule has 0 aliphatic rings. The van der Waals surface area contributed by atoms with Gasteiger partial charge in [-0.2, -0.15) is 83.1 Å². The van der Waals surface area contributed by atoms with Crippen LogP contribution in [0.15, 0.2) is 87.5 Å². The van der Waals surface area contributed by atoms with Crippen molar-refractivity contribution in [1.29, 1.82) is 0 Å². The molecule has 0 aliphatic carbocycles. The van der Waals surface area contributed by atoms with E-state index in [4.69, 9.17) is 3.63 Å². The minimum Gasteiger partial charge on any atom is -0.202 e. The molecule has 340 valence electrons. The highest BCUT2D eigenvalue weighted by Crippen LogP contribution is 2.75. The molecule has 0 heterocycles. The predicted octanol–water partition coefficient (Wildman–Crippen LogP) is 14.1. The van der Waals surface area contributed by atoms with Gasteiger partial charge in [0.05, 0.1) is 0 Å². The first-order valence-electron chi connectivity index (χ1n) is 17.2. The van der Waals surface area contributed by atoms with Crippen molar-refractivity contribution in [1.82, 2.24) is 0 Å². The van der Waals surface area contributed by atoms with Gasteiger partial charge in [0.25, 0.3) is 0 Å². The molecule has 0 aliphatic heterocycles. The molecule has 0 aromatic heterocycles. The number of rotatable bonds is 12. The summed E-state index contributed by atoms with van der Waals surface area (Å²) in [7, 11) is -12.9. The molecular formula is C38H39F17O3S2. The standard InChI is InChI=1S/C38H39F17O3S2/c1-28(2,3)22-16-10-13-19-25(22)59(26-20-14-11-17-23(26)29(4,5)6,27-21-15-12-18-24(27)30(7,8)9)58-60(56,57)38(54,55)36(49,50)34(45,46)32(41,42)31(39,40)33(43,44)35(47,48)37(51,52)53/h10-21H,1-9H3. The van der Waals surface area contributed by atoms with Crippen molar-refractivity contribution in [3.63, 3.8) is 0 Å². The van der Waals surface area contributed by atoms with Crippen LogP contribution in [0.4, 0.5) is 74.6 Å². The van der Waals surface area contributed by atoms with E-state index in [2.05, 4.69) is 0 Å². The van der Waals surface area contributed by atoms with E-state index in [1.165, 1.54) is 117 Å². The summed E-state index contributed by atoms with van der Waals surface area (Å²) in [5, 5.41) is -7.92. The van der Waals surface area contributed by atoms with Gasteiger partial charge in [-0.1, -0.05) is 117 Å². The molecule has 0 unspecified atom stereocenters. The fraction of sp³-hybridized carbons (Fsp3) is 0.526. The van der Waals surface area contributed by atoms with Gasteiger partial charge in [-0.15, -0.1) is 0 Å². The van der Waals surface area contributed by atoms with Crippen LogP contribution in [-0.2, 0) is 30.0 Å². The molecule has 0 saturated carbocycles. The quantitative estimate of drug-likeness (QED) is 0.170. The van der Waals surface area contributed by atoms with E-state index in [0.29, 0.717) is 0 Å². The molecule has 0 radical (unpaired) electrons. The van der Waals surface area contributed by atoms with Crippen LogP contribution >= 0.6 is 10.3 Å². The van der Waals surface area contributed by atoms with E-state index < -0.39 is 98.3 Å². The van der Waals surface area contributed by atoms with E-state index >= 15 is 26.3 Å². The Kier molecular flexibility index (Phi) is 12.7. The summed E-state index contributed by atoms with van der Waals surface area (Å²) >= 11 is 0. The fourth-order valence-corrected chi connectivity index (χ4v) is 12.3. The Morgan fingerprint density at radius 2 is 0.600 bits per heavy atom. The van der Waals surface area contributed by atoms with Crippen molar-refractivity contribution in [2.24, 2.45) is 0 Å². The van der Waals surface area contributed by atoms with Crippen LogP contribution in [0.25, 0.3) is 0 Å². The van der Waals surface area contributed by atoms with Crippen molar-refractivity contribution in [3.05, 3.63) is 89.5 Å². The predicted molar refractivity (Wildman–Crippen MR) is 189 cm³/mol. The van der Waals surface area contributed by atoms with Gasteiger partial charge in [0.1, 0.15) is 0 Å². The van der Waals surface area contributed by atoms with Crippen molar-refractivity contribution in [2.75, 3.05) is 0 Å². The molecule has 0 bridgehead atoms. The maximum Gasteiger partial charge on any atom is 0.460 e. The molecule has 0 N–H and O–H groups in total. The molecule has 0 spiro atoms. The summed E-state index contributed by atoms with van der Waals surface area (Å²) in [6.45, 7) is 13.6. The molecule has 0 atom stereocenters. The highest BCUT2D eigenvalue weighted by Gasteiger charge is 2.96. The molecule has 0 amide bonds. The second-order valence-electron chi connectivity index (χ2n) is 16.8. The zero-order valence-corrected chi connectivity index (χ0v) is 34.5. The Labute approximate surface area is 336 Å². The zero-order valence-electron chi connectivity index (χ0n) is 32.9. The van der Waals surface area contributed by atoms with E-state index in [9.17, 15) is 56.7 Å². The lowest BCUT2D eigenvalue weighted by atomic mass is 9.87. The number of hydrogen-bond donors (Lipinski definition) is 0. The topological polar surface area (TPSA) is 43.4 Å². The average Bonchev–Trinajstić information content (AvgIpc) is 3.08. The largest absolute Gasteiger partial charge is 0.460 e. The van der Waals surface area contributed by atoms with Crippen molar-refractivity contribution in [2.45, 2.75) is 140 Å². The third-order valence-corrected chi connectivity index (χ3v) is 14.6. The number of alkyl halides is 17. The van der Waals surface area contributed by atoms with Gasteiger partial charge >= 0.3 is 57.1 Å². The molecule has 22 heteroatoms. The molecule has 0 saturated heterocycles. The third kappa shape index (κ3) is 7.65. The first kappa shape index (κ1) is 51.1. The number of halogens is 17. The molecule has 3 nitrogen and oxygen atoms in total. The van der Waals surface area contributed by atoms with Gasteiger partial charge < -0.3 is 0 Å². The lowest BCUT2D eigenvalue weighted by molar-refractivity contribution is -0.458. The van der Waals surface area contributed by atoms with Gasteiger partial charge in [0, 0.05) is 14.7 Å². The van der Waals surface area contributed by atoms with Gasteiger partial charge in [0.2, 0.25) is 0 Å². The molecular weight excluding hydrogens is 892 g/mol. The number of hydrogen-bond acceptors (Lipinski definition) is 3. The van der Waals surface area contributed by atoms with Crippen molar-refractivity contribution >= 4 is 20.4 Å². The van der Waals surface area contributed by atoms with E-state index in [0.717, 1.165) is 18.2 Å². The normalized spacial score (nSPS) is 15.6. The van der Waals surface area contributed by atoms with Crippen LogP contribution in [0.3, 0.4) is 0 Å². The van der Waals surface area contributed by atoms with E-state index in [-0.39, 0.29) is 16.7 Å². The summed E-state index contributed by atoms with van der Waals surface area (Å²) in [6, 6.07) is 15.0. The van der Waals surface area contributed by atoms with Gasteiger partial charge in [-0.25, -0.2) is 3.63 Å². The van der Waals surface area contributed by atoms with Crippen LogP contribution in [0, 0.1) is 0 Å². The minimum atomic E-state index is -9.00. The minimum absolute atomic E-state index is 0.0297. The first-order valence-corrected chi connectivity index (χ1v) is 20.1. The van der Waals surface area contributed by atoms with E-state index in [1.54, 1.807) is 0 Å². The highest BCUT2D eigenvalue weighted by atomic mass is 32.3. The Morgan fingerprint density at radius 1 is 0.367 bits per heavy atom. The smallest absolute Gasteiger partial charge is 0.202 e. The Balaban J connectivity index is 2.63. The molecule has 3 aromatic carbocycles. The lowest BCUT2D eigenvalue weighted by Crippen LogP contribution is -2.75. The van der Waals surface area contributed by atoms with Crippen LogP contribution in [0.2, 0.25) is 0 Å². The third-order valence-electron chi connectivity index (χ3n) is 9.21. The Bertz CT molecular complexity index is 2020. The summed E-state index contributed by atoms with van der Waals surface area (Å²) < 4.78 is 278. The Hall–Kier alpha value is -3.27. The maximum absolute atomic E-state index is 16.2. The highest BCUT2D eigenvalue weighted by molar-refractivity contribution is 8.33. The number of benzene rings is 3. The van der Waals surface area contributed by atoms with Crippen LogP contribution in [0.5, 0.6) is 0 Å². The molecule has 60 heavy (non-hydrogen) atoms. The lowest BCUT2D eigenvalue weighted by Gasteiger charge is -2.47. The molecule has 0 fully saturated rings. The second kappa shape index (κ2) is 14.9. The summed E-state index contributed by atoms with van der Waals surface area (Å²) in [5.74, 6) is -52.6. The average molecular weight is 931 g/mol. The van der Waals surface area contributed by atoms with Gasteiger partial charge in [-0.3, -0.25) is 0 Å². The summed E-state index contributed by atoms with van der Waals surface area (Å²) in [5.41, 5.74) is -3.43. The second-order valence-corrected chi connectivity index (χ2v) is 21.2. The van der Waals surface area contributed by atoms with Crippen LogP contribution < -0.4 is 0 Å². The monoisotopic (exact) mass is 930 g/mol. The Morgan fingerprint density at radius 3 is 0.850 bits per heavy atom. The van der Waals surface area contributed by atoms with Crippen LogP contribution in [0.1, 0.15) is 79.0 Å². The first-order chi connectivity index (χ1) is 26.4. The van der Waals surface area contributed by atoms with Gasteiger partial charge in [-0.05, 0) is 61.4 Å². The molecule has 3 aromatic rings. The maximum atomic E-state index is 16.2.